The number of aliphatic hydroxyl groups is 1. The number of halogens is 3. The first-order chi connectivity index (χ1) is 15.2. The van der Waals surface area contributed by atoms with Gasteiger partial charge in [0.1, 0.15) is 0 Å². The molecule has 3 N–H and O–H groups in total. The fraction of sp³-hybridized carbons (Fsp3) is 0.227. The average molecular weight is 442 g/mol. The summed E-state index contributed by atoms with van der Waals surface area (Å²) in [6.45, 7) is -0.216. The number of amides is 3. The van der Waals surface area contributed by atoms with E-state index in [2.05, 4.69) is 10.6 Å². The van der Waals surface area contributed by atoms with Crippen molar-refractivity contribution in [3.63, 3.8) is 0 Å². The van der Waals surface area contributed by atoms with Gasteiger partial charge in [0, 0.05) is 18.7 Å². The van der Waals surface area contributed by atoms with Crippen molar-refractivity contribution in [3.05, 3.63) is 76.0 Å². The molecule has 2 heterocycles. The zero-order chi connectivity index (χ0) is 23.0. The molecule has 2 aliphatic heterocycles. The van der Waals surface area contributed by atoms with Gasteiger partial charge in [-0.05, 0) is 41.5 Å². The number of benzene rings is 2. The predicted octanol–water partition coefficient (Wildman–Crippen LogP) is 3.11. The Kier molecular flexibility index (Phi) is 5.36. The maximum Gasteiger partial charge on any atom is 0.416 e. The third-order valence-electron chi connectivity index (χ3n) is 5.42. The monoisotopic (exact) mass is 442 g/mol. The van der Waals surface area contributed by atoms with Crippen molar-refractivity contribution >= 4 is 17.6 Å². The second-order valence-electron chi connectivity index (χ2n) is 7.32. The Morgan fingerprint density at radius 1 is 1.19 bits per heavy atom. The van der Waals surface area contributed by atoms with Gasteiger partial charge in [-0.15, -0.1) is 0 Å². The Balaban J connectivity index is 1.87. The number of rotatable bonds is 3. The first kappa shape index (κ1) is 21.4. The molecular weight excluding hydrogens is 425 g/mol. The predicted molar refractivity (Wildman–Crippen MR) is 107 cm³/mol. The van der Waals surface area contributed by atoms with Crippen LogP contribution in [0, 0.1) is 11.3 Å². The summed E-state index contributed by atoms with van der Waals surface area (Å²) in [5.74, 6) is -0.471. The van der Waals surface area contributed by atoms with E-state index in [4.69, 9.17) is 5.26 Å². The number of carbonyl (C=O) groups is 2. The maximum absolute atomic E-state index is 13.2. The van der Waals surface area contributed by atoms with Gasteiger partial charge >= 0.3 is 12.2 Å². The van der Waals surface area contributed by atoms with Crippen LogP contribution in [0.25, 0.3) is 0 Å². The second kappa shape index (κ2) is 8.01. The largest absolute Gasteiger partial charge is 0.416 e. The van der Waals surface area contributed by atoms with E-state index in [1.807, 2.05) is 6.07 Å². The second-order valence-corrected chi connectivity index (χ2v) is 7.32. The summed E-state index contributed by atoms with van der Waals surface area (Å²) >= 11 is 0. The summed E-state index contributed by atoms with van der Waals surface area (Å²) in [6, 6.07) is 9.16. The van der Waals surface area contributed by atoms with Crippen molar-refractivity contribution in [2.24, 2.45) is 0 Å². The molecule has 2 aromatic rings. The third kappa shape index (κ3) is 3.67. The molecule has 0 radical (unpaired) electrons. The van der Waals surface area contributed by atoms with Gasteiger partial charge in [-0.3, -0.25) is 9.69 Å². The fourth-order valence-corrected chi connectivity index (χ4v) is 3.99. The molecule has 164 valence electrons. The Hall–Kier alpha value is -3.84. The van der Waals surface area contributed by atoms with Gasteiger partial charge < -0.3 is 15.7 Å². The molecule has 3 amide bonds. The summed E-state index contributed by atoms with van der Waals surface area (Å²) in [4.78, 5) is 27.0. The molecule has 32 heavy (non-hydrogen) atoms. The Morgan fingerprint density at radius 3 is 2.66 bits per heavy atom. The number of hydrogen-bond donors (Lipinski definition) is 3. The number of aliphatic hydroxyl groups excluding tert-OH is 1. The zero-order valence-corrected chi connectivity index (χ0v) is 16.5. The SMILES string of the molecule is N#Cc1ccc([C@H]2NC(=O)N(c3cccc(C(F)(F)F)c3)C3=C2C(=O)NCC3)c(CO)c1. The van der Waals surface area contributed by atoms with Crippen LogP contribution in [-0.4, -0.2) is 23.6 Å². The third-order valence-corrected chi connectivity index (χ3v) is 5.42. The van der Waals surface area contributed by atoms with E-state index in [0.717, 1.165) is 17.0 Å². The zero-order valence-electron chi connectivity index (χ0n) is 16.5. The molecule has 4 rings (SSSR count). The van der Waals surface area contributed by atoms with Crippen molar-refractivity contribution in [2.45, 2.75) is 25.2 Å². The standard InChI is InChI=1S/C22H17F3N4O3/c23-22(24,25)14-2-1-3-15(9-14)29-17-6-7-27-20(31)18(17)19(28-21(29)32)16-5-4-12(10-26)8-13(16)11-30/h1-5,8-9,19,30H,6-7,11H2,(H,27,31)(H,28,32)/t19-/m1/s1. The van der Waals surface area contributed by atoms with Crippen molar-refractivity contribution in [3.8, 4) is 6.07 Å². The summed E-state index contributed by atoms with van der Waals surface area (Å²) in [5, 5.41) is 24.3. The molecular formula is C22H17F3N4O3. The lowest BCUT2D eigenvalue weighted by Gasteiger charge is -2.39. The molecule has 0 spiro atoms. The minimum Gasteiger partial charge on any atom is -0.392 e. The first-order valence-corrected chi connectivity index (χ1v) is 9.67. The van der Waals surface area contributed by atoms with E-state index >= 15 is 0 Å². The highest BCUT2D eigenvalue weighted by Gasteiger charge is 2.41. The molecule has 0 bridgehead atoms. The lowest BCUT2D eigenvalue weighted by atomic mass is 9.88. The molecule has 0 unspecified atom stereocenters. The summed E-state index contributed by atoms with van der Waals surface area (Å²) < 4.78 is 39.6. The number of nitrogens with one attached hydrogen (secondary N) is 2. The molecule has 0 aliphatic carbocycles. The van der Waals surface area contributed by atoms with Crippen LogP contribution in [0.5, 0.6) is 0 Å². The molecule has 0 fully saturated rings. The van der Waals surface area contributed by atoms with Crippen LogP contribution in [0.4, 0.5) is 23.7 Å². The van der Waals surface area contributed by atoms with E-state index in [-0.39, 0.29) is 29.9 Å². The molecule has 10 heteroatoms. The van der Waals surface area contributed by atoms with Gasteiger partial charge in [0.05, 0.1) is 41.1 Å². The number of carbonyl (C=O) groups excluding carboxylic acids is 2. The minimum absolute atomic E-state index is 0.0137. The van der Waals surface area contributed by atoms with Crippen LogP contribution in [-0.2, 0) is 17.6 Å². The van der Waals surface area contributed by atoms with Gasteiger partial charge in [0.15, 0.2) is 0 Å². The lowest BCUT2D eigenvalue weighted by molar-refractivity contribution is -0.137. The van der Waals surface area contributed by atoms with E-state index in [0.29, 0.717) is 16.7 Å². The van der Waals surface area contributed by atoms with Crippen LogP contribution in [0.3, 0.4) is 0 Å². The highest BCUT2D eigenvalue weighted by molar-refractivity contribution is 6.05. The quantitative estimate of drug-likeness (QED) is 0.679. The number of hydrogen-bond acceptors (Lipinski definition) is 4. The maximum atomic E-state index is 13.2. The topological polar surface area (TPSA) is 105 Å². The van der Waals surface area contributed by atoms with Crippen LogP contribution in [0.2, 0.25) is 0 Å². The molecule has 7 nitrogen and oxygen atoms in total. The average Bonchev–Trinajstić information content (AvgIpc) is 2.77. The molecule has 2 aromatic carbocycles. The van der Waals surface area contributed by atoms with Crippen molar-refractivity contribution < 1.29 is 27.9 Å². The highest BCUT2D eigenvalue weighted by atomic mass is 19.4. The number of urea groups is 1. The Labute approximate surface area is 180 Å². The van der Waals surface area contributed by atoms with Crippen LogP contribution in [0.1, 0.15) is 34.7 Å². The van der Waals surface area contributed by atoms with E-state index in [1.54, 1.807) is 6.07 Å². The first-order valence-electron chi connectivity index (χ1n) is 9.67. The van der Waals surface area contributed by atoms with Crippen molar-refractivity contribution in [1.29, 1.82) is 5.26 Å². The number of alkyl halides is 3. The Morgan fingerprint density at radius 2 is 1.97 bits per heavy atom. The summed E-state index contributed by atoms with van der Waals surface area (Å²) in [5.41, 5.74) is 0.609. The minimum atomic E-state index is -4.59. The van der Waals surface area contributed by atoms with Gasteiger partial charge in [0.25, 0.3) is 5.91 Å². The van der Waals surface area contributed by atoms with E-state index in [9.17, 15) is 27.9 Å². The van der Waals surface area contributed by atoms with Crippen LogP contribution >= 0.6 is 0 Å². The van der Waals surface area contributed by atoms with Gasteiger partial charge in [-0.25, -0.2) is 4.79 Å². The van der Waals surface area contributed by atoms with Crippen molar-refractivity contribution in [1.82, 2.24) is 10.6 Å². The molecule has 2 aliphatic rings. The summed E-state index contributed by atoms with van der Waals surface area (Å²) in [6.07, 6.45) is -4.36. The van der Waals surface area contributed by atoms with Gasteiger partial charge in [-0.1, -0.05) is 12.1 Å². The van der Waals surface area contributed by atoms with E-state index < -0.39 is 36.3 Å². The number of nitriles is 1. The van der Waals surface area contributed by atoms with Crippen molar-refractivity contribution in [2.75, 3.05) is 11.4 Å². The number of anilines is 1. The highest BCUT2D eigenvalue weighted by Crippen LogP contribution is 2.39. The molecule has 1 atom stereocenters. The smallest absolute Gasteiger partial charge is 0.392 e. The lowest BCUT2D eigenvalue weighted by Crippen LogP contribution is -2.52. The molecule has 0 saturated carbocycles. The molecule has 0 aromatic heterocycles. The molecule has 0 saturated heterocycles. The normalized spacial score (nSPS) is 18.6. The van der Waals surface area contributed by atoms with Gasteiger partial charge in [-0.2, -0.15) is 18.4 Å². The van der Waals surface area contributed by atoms with Crippen LogP contribution in [0.15, 0.2) is 53.7 Å². The van der Waals surface area contributed by atoms with Crippen LogP contribution < -0.4 is 15.5 Å². The van der Waals surface area contributed by atoms with Gasteiger partial charge in [0.2, 0.25) is 0 Å². The summed E-state index contributed by atoms with van der Waals surface area (Å²) in [7, 11) is 0. The van der Waals surface area contributed by atoms with E-state index in [1.165, 1.54) is 24.3 Å². The Bertz CT molecular complexity index is 1180. The fourth-order valence-electron chi connectivity index (χ4n) is 3.99. The number of nitrogens with zero attached hydrogens (tertiary/aromatic N) is 2.